The normalized spacial score (nSPS) is 12.2. The highest BCUT2D eigenvalue weighted by Gasteiger charge is 2.14. The number of carbonyl (C=O) groups is 1. The Balaban J connectivity index is 1.90. The zero-order valence-corrected chi connectivity index (χ0v) is 9.46. The molecule has 0 fully saturated rings. The molecular weight excluding hydrogens is 232 g/mol. The van der Waals surface area contributed by atoms with Gasteiger partial charge in [-0.05, 0) is 24.3 Å². The smallest absolute Gasteiger partial charge is 0.231 e. The third-order valence-electron chi connectivity index (χ3n) is 2.62. The lowest BCUT2D eigenvalue weighted by Gasteiger charge is -2.08. The lowest BCUT2D eigenvalue weighted by molar-refractivity contribution is 0.112. The first kappa shape index (κ1) is 10.7. The van der Waals surface area contributed by atoms with Gasteiger partial charge < -0.3 is 14.2 Å². The van der Waals surface area contributed by atoms with Gasteiger partial charge in [-0.25, -0.2) is 0 Å². The third-order valence-corrected chi connectivity index (χ3v) is 2.62. The van der Waals surface area contributed by atoms with Gasteiger partial charge in [-0.2, -0.15) is 0 Å². The second kappa shape index (κ2) is 4.41. The fraction of sp³-hybridized carbons (Fsp3) is 0.0714. The Kier molecular flexibility index (Phi) is 2.61. The molecule has 3 rings (SSSR count). The maximum atomic E-state index is 10.9. The van der Waals surface area contributed by atoms with Gasteiger partial charge >= 0.3 is 0 Å². The van der Waals surface area contributed by atoms with Gasteiger partial charge in [0, 0.05) is 6.07 Å². The summed E-state index contributed by atoms with van der Waals surface area (Å²) in [4.78, 5) is 10.9. The Morgan fingerprint density at radius 2 is 1.89 bits per heavy atom. The van der Waals surface area contributed by atoms with Crippen molar-refractivity contribution in [3.63, 3.8) is 0 Å². The largest absolute Gasteiger partial charge is 0.456 e. The van der Waals surface area contributed by atoms with Gasteiger partial charge in [0.2, 0.25) is 6.79 Å². The second-order valence-electron chi connectivity index (χ2n) is 3.77. The number of hydrogen-bond donors (Lipinski definition) is 0. The minimum atomic E-state index is 0.226. The molecule has 0 spiro atoms. The van der Waals surface area contributed by atoms with Gasteiger partial charge in [0.05, 0.1) is 5.56 Å². The van der Waals surface area contributed by atoms with E-state index in [-0.39, 0.29) is 6.79 Å². The van der Waals surface area contributed by atoms with Crippen molar-refractivity contribution >= 4 is 6.29 Å². The maximum absolute atomic E-state index is 10.9. The van der Waals surface area contributed by atoms with E-state index in [4.69, 9.17) is 14.2 Å². The number of para-hydroxylation sites is 1. The van der Waals surface area contributed by atoms with Crippen LogP contribution in [0.5, 0.6) is 23.0 Å². The van der Waals surface area contributed by atoms with Crippen molar-refractivity contribution in [2.45, 2.75) is 0 Å². The lowest BCUT2D eigenvalue weighted by Crippen LogP contribution is -1.93. The summed E-state index contributed by atoms with van der Waals surface area (Å²) in [5.41, 5.74) is 0.509. The van der Waals surface area contributed by atoms with E-state index in [2.05, 4.69) is 0 Å². The summed E-state index contributed by atoms with van der Waals surface area (Å²) < 4.78 is 16.1. The highest BCUT2D eigenvalue weighted by molar-refractivity contribution is 5.79. The SMILES string of the molecule is O=Cc1ccccc1Oc1ccc2c(c1)OCO2. The highest BCUT2D eigenvalue weighted by Crippen LogP contribution is 2.36. The van der Waals surface area contributed by atoms with Gasteiger partial charge in [0.1, 0.15) is 11.5 Å². The summed E-state index contributed by atoms with van der Waals surface area (Å²) in [6, 6.07) is 12.3. The number of benzene rings is 2. The van der Waals surface area contributed by atoms with Crippen molar-refractivity contribution in [1.29, 1.82) is 0 Å². The van der Waals surface area contributed by atoms with Crippen LogP contribution in [-0.2, 0) is 0 Å². The predicted molar refractivity (Wildman–Crippen MR) is 64.5 cm³/mol. The van der Waals surface area contributed by atoms with Gasteiger partial charge in [0.15, 0.2) is 17.8 Å². The molecule has 1 aliphatic heterocycles. The number of aldehydes is 1. The molecule has 4 nitrogen and oxygen atoms in total. The van der Waals surface area contributed by atoms with Crippen LogP contribution in [0.4, 0.5) is 0 Å². The quantitative estimate of drug-likeness (QED) is 0.776. The molecule has 0 saturated heterocycles. The topological polar surface area (TPSA) is 44.8 Å². The number of fused-ring (bicyclic) bond motifs is 1. The molecule has 0 bridgehead atoms. The summed E-state index contributed by atoms with van der Waals surface area (Å²) >= 11 is 0. The number of rotatable bonds is 3. The third kappa shape index (κ3) is 1.88. The average molecular weight is 242 g/mol. The number of hydrogen-bond acceptors (Lipinski definition) is 4. The first-order chi connectivity index (χ1) is 8.86. The molecule has 90 valence electrons. The Labute approximate surface area is 104 Å². The van der Waals surface area contributed by atoms with Crippen molar-refractivity contribution in [2.75, 3.05) is 6.79 Å². The molecule has 1 heterocycles. The molecule has 2 aromatic rings. The van der Waals surface area contributed by atoms with Crippen LogP contribution in [0.15, 0.2) is 42.5 Å². The van der Waals surface area contributed by atoms with Crippen LogP contribution >= 0.6 is 0 Å². The molecule has 1 aliphatic rings. The van der Waals surface area contributed by atoms with Crippen molar-refractivity contribution in [3.05, 3.63) is 48.0 Å². The summed E-state index contributed by atoms with van der Waals surface area (Å²) in [6.45, 7) is 0.226. The van der Waals surface area contributed by atoms with Crippen LogP contribution in [0.3, 0.4) is 0 Å². The van der Waals surface area contributed by atoms with E-state index in [1.165, 1.54) is 0 Å². The first-order valence-corrected chi connectivity index (χ1v) is 5.48. The minimum absolute atomic E-state index is 0.226. The molecule has 0 aliphatic carbocycles. The fourth-order valence-corrected chi connectivity index (χ4v) is 1.74. The Morgan fingerprint density at radius 3 is 2.78 bits per heavy atom. The molecule has 4 heteroatoms. The van der Waals surface area contributed by atoms with E-state index in [0.29, 0.717) is 28.6 Å². The van der Waals surface area contributed by atoms with Gasteiger partial charge in [-0.3, -0.25) is 4.79 Å². The first-order valence-electron chi connectivity index (χ1n) is 5.48. The molecule has 0 radical (unpaired) electrons. The monoisotopic (exact) mass is 242 g/mol. The average Bonchev–Trinajstić information content (AvgIpc) is 2.87. The van der Waals surface area contributed by atoms with Gasteiger partial charge in [0.25, 0.3) is 0 Å². The van der Waals surface area contributed by atoms with Crippen molar-refractivity contribution in [2.24, 2.45) is 0 Å². The zero-order chi connectivity index (χ0) is 12.4. The Hall–Kier alpha value is -2.49. The molecular formula is C14H10O4. The van der Waals surface area contributed by atoms with E-state index >= 15 is 0 Å². The number of carbonyl (C=O) groups excluding carboxylic acids is 1. The van der Waals surface area contributed by atoms with Crippen LogP contribution in [0.25, 0.3) is 0 Å². The summed E-state index contributed by atoms with van der Waals surface area (Å²) in [5, 5.41) is 0. The van der Waals surface area contributed by atoms with E-state index < -0.39 is 0 Å². The molecule has 0 amide bonds. The second-order valence-corrected chi connectivity index (χ2v) is 3.77. The van der Waals surface area contributed by atoms with E-state index in [1.807, 2.05) is 6.07 Å². The van der Waals surface area contributed by atoms with Crippen molar-refractivity contribution < 1.29 is 19.0 Å². The predicted octanol–water partition coefficient (Wildman–Crippen LogP) is 3.02. The summed E-state index contributed by atoms with van der Waals surface area (Å²) in [7, 11) is 0. The fourth-order valence-electron chi connectivity index (χ4n) is 1.74. The van der Waals surface area contributed by atoms with Gasteiger partial charge in [-0.1, -0.05) is 12.1 Å². The van der Waals surface area contributed by atoms with E-state index in [0.717, 1.165) is 6.29 Å². The van der Waals surface area contributed by atoms with Crippen LogP contribution in [0, 0.1) is 0 Å². The molecule has 18 heavy (non-hydrogen) atoms. The zero-order valence-electron chi connectivity index (χ0n) is 9.46. The van der Waals surface area contributed by atoms with Crippen LogP contribution < -0.4 is 14.2 Å². The molecule has 2 aromatic carbocycles. The molecule has 0 atom stereocenters. The van der Waals surface area contributed by atoms with E-state index in [1.54, 1.807) is 36.4 Å². The number of ether oxygens (including phenoxy) is 3. The Morgan fingerprint density at radius 1 is 1.06 bits per heavy atom. The van der Waals surface area contributed by atoms with E-state index in [9.17, 15) is 4.79 Å². The molecule has 0 N–H and O–H groups in total. The van der Waals surface area contributed by atoms with Gasteiger partial charge in [-0.15, -0.1) is 0 Å². The van der Waals surface area contributed by atoms with Crippen LogP contribution in [-0.4, -0.2) is 13.1 Å². The van der Waals surface area contributed by atoms with Crippen molar-refractivity contribution in [1.82, 2.24) is 0 Å². The van der Waals surface area contributed by atoms with Crippen LogP contribution in [0.1, 0.15) is 10.4 Å². The molecule has 0 aromatic heterocycles. The maximum Gasteiger partial charge on any atom is 0.231 e. The lowest BCUT2D eigenvalue weighted by atomic mass is 10.2. The van der Waals surface area contributed by atoms with Crippen molar-refractivity contribution in [3.8, 4) is 23.0 Å². The standard InChI is InChI=1S/C14H10O4/c15-8-10-3-1-2-4-12(10)18-11-5-6-13-14(7-11)17-9-16-13/h1-8H,9H2. The van der Waals surface area contributed by atoms with Crippen LogP contribution in [0.2, 0.25) is 0 Å². The molecule has 0 unspecified atom stereocenters. The molecule has 0 saturated carbocycles. The highest BCUT2D eigenvalue weighted by atomic mass is 16.7. The Bertz CT molecular complexity index is 592. The summed E-state index contributed by atoms with van der Waals surface area (Å²) in [6.07, 6.45) is 0.766. The summed E-state index contributed by atoms with van der Waals surface area (Å²) in [5.74, 6) is 2.47. The minimum Gasteiger partial charge on any atom is -0.456 e.